The van der Waals surface area contributed by atoms with E-state index in [1.54, 1.807) is 6.07 Å². The monoisotopic (exact) mass is 373 g/mol. The fourth-order valence-electron chi connectivity index (χ4n) is 1.71. The van der Waals surface area contributed by atoms with E-state index >= 15 is 0 Å². The van der Waals surface area contributed by atoms with Crippen molar-refractivity contribution in [1.82, 2.24) is 4.57 Å². The van der Waals surface area contributed by atoms with E-state index in [-0.39, 0.29) is 23.4 Å². The van der Waals surface area contributed by atoms with E-state index in [0.717, 1.165) is 9.64 Å². The van der Waals surface area contributed by atoms with Crippen LogP contribution in [0, 0.1) is 9.39 Å². The Bertz CT molecular complexity index is 639. The summed E-state index contributed by atoms with van der Waals surface area (Å²) in [5, 5.41) is 17.9. The van der Waals surface area contributed by atoms with Crippen molar-refractivity contribution in [2.75, 3.05) is 0 Å². The molecule has 7 heteroatoms. The van der Waals surface area contributed by atoms with Gasteiger partial charge in [0.25, 0.3) is 0 Å². The van der Waals surface area contributed by atoms with Gasteiger partial charge in [0.1, 0.15) is 5.82 Å². The highest BCUT2D eigenvalue weighted by atomic mass is 127. The molecular formula is C12H10BFINO3. The fraction of sp³-hybridized carbons (Fsp3) is 0.0833. The summed E-state index contributed by atoms with van der Waals surface area (Å²) in [6.07, 6.45) is 1.45. The van der Waals surface area contributed by atoms with Crippen molar-refractivity contribution >= 4 is 35.2 Å². The molecule has 19 heavy (non-hydrogen) atoms. The van der Waals surface area contributed by atoms with Gasteiger partial charge in [-0.25, -0.2) is 4.39 Å². The number of benzene rings is 1. The Morgan fingerprint density at radius 3 is 2.58 bits per heavy atom. The summed E-state index contributed by atoms with van der Waals surface area (Å²) < 4.78 is 15.4. The van der Waals surface area contributed by atoms with Crippen molar-refractivity contribution in [2.24, 2.45) is 0 Å². The summed E-state index contributed by atoms with van der Waals surface area (Å²) in [6, 6.07) is 7.14. The molecule has 0 spiro atoms. The van der Waals surface area contributed by atoms with E-state index in [1.165, 1.54) is 29.0 Å². The standard InChI is InChI=1S/C12H10BFINO3/c14-10-3-8(4-11(15)6-10)7-16-2-1-9(13(18)19)5-12(16)17/h1-6,18-19H,7H2. The number of hydrogen-bond donors (Lipinski definition) is 2. The number of aromatic nitrogens is 1. The Morgan fingerprint density at radius 2 is 2.00 bits per heavy atom. The van der Waals surface area contributed by atoms with Crippen molar-refractivity contribution in [3.05, 3.63) is 61.8 Å². The van der Waals surface area contributed by atoms with Crippen molar-refractivity contribution in [3.8, 4) is 0 Å². The largest absolute Gasteiger partial charge is 0.488 e. The molecule has 2 rings (SSSR count). The van der Waals surface area contributed by atoms with Crippen LogP contribution >= 0.6 is 22.6 Å². The smallest absolute Gasteiger partial charge is 0.423 e. The first-order valence-electron chi connectivity index (χ1n) is 5.47. The summed E-state index contributed by atoms with van der Waals surface area (Å²) in [6.45, 7) is 0.231. The van der Waals surface area contributed by atoms with Crippen LogP contribution in [0.4, 0.5) is 4.39 Å². The van der Waals surface area contributed by atoms with Crippen LogP contribution in [0.25, 0.3) is 0 Å². The van der Waals surface area contributed by atoms with Gasteiger partial charge in [-0.3, -0.25) is 4.79 Å². The number of nitrogens with zero attached hydrogens (tertiary/aromatic N) is 1. The van der Waals surface area contributed by atoms with E-state index in [2.05, 4.69) is 0 Å². The molecule has 1 aromatic heterocycles. The second kappa shape index (κ2) is 5.85. The van der Waals surface area contributed by atoms with Gasteiger partial charge in [-0.15, -0.1) is 0 Å². The Balaban J connectivity index is 2.31. The summed E-state index contributed by atoms with van der Waals surface area (Å²) in [4.78, 5) is 11.8. The minimum Gasteiger partial charge on any atom is -0.423 e. The van der Waals surface area contributed by atoms with Crippen molar-refractivity contribution < 1.29 is 14.4 Å². The first-order valence-corrected chi connectivity index (χ1v) is 6.55. The third-order valence-corrected chi connectivity index (χ3v) is 3.22. The first-order chi connectivity index (χ1) is 8.95. The van der Waals surface area contributed by atoms with Gasteiger partial charge in [0, 0.05) is 15.8 Å². The average molecular weight is 373 g/mol. The molecule has 2 N–H and O–H groups in total. The molecular weight excluding hydrogens is 363 g/mol. The van der Waals surface area contributed by atoms with Crippen molar-refractivity contribution in [1.29, 1.82) is 0 Å². The molecule has 98 valence electrons. The molecule has 0 bridgehead atoms. The molecule has 1 aromatic carbocycles. The van der Waals surface area contributed by atoms with Crippen LogP contribution in [0.5, 0.6) is 0 Å². The number of hydrogen-bond acceptors (Lipinski definition) is 3. The molecule has 0 saturated carbocycles. The lowest BCUT2D eigenvalue weighted by Crippen LogP contribution is -2.35. The number of pyridine rings is 1. The van der Waals surface area contributed by atoms with Gasteiger partial charge in [-0.2, -0.15) is 0 Å². The van der Waals surface area contributed by atoms with Crippen molar-refractivity contribution in [2.45, 2.75) is 6.54 Å². The van der Waals surface area contributed by atoms with Crippen molar-refractivity contribution in [3.63, 3.8) is 0 Å². The number of halogens is 2. The lowest BCUT2D eigenvalue weighted by atomic mass is 9.81. The molecule has 1 heterocycles. The molecule has 0 saturated heterocycles. The highest BCUT2D eigenvalue weighted by Gasteiger charge is 2.12. The summed E-state index contributed by atoms with van der Waals surface area (Å²) in [5.41, 5.74) is 0.434. The Hall–Kier alpha value is -1.19. The maximum atomic E-state index is 13.2. The molecule has 0 unspecified atom stereocenters. The molecule has 4 nitrogen and oxygen atoms in total. The predicted molar refractivity (Wildman–Crippen MR) is 78.7 cm³/mol. The van der Waals surface area contributed by atoms with Crippen LogP contribution in [-0.2, 0) is 6.54 Å². The quantitative estimate of drug-likeness (QED) is 0.602. The summed E-state index contributed by atoms with van der Waals surface area (Å²) >= 11 is 2.00. The molecule has 0 radical (unpaired) electrons. The highest BCUT2D eigenvalue weighted by Crippen LogP contribution is 2.12. The highest BCUT2D eigenvalue weighted by molar-refractivity contribution is 14.1. The molecule has 0 amide bonds. The zero-order chi connectivity index (χ0) is 14.0. The van der Waals surface area contributed by atoms with Gasteiger partial charge in [-0.05, 0) is 57.9 Å². The van der Waals surface area contributed by atoms with Crippen LogP contribution in [0.15, 0.2) is 41.3 Å². The molecule has 2 aromatic rings. The lowest BCUT2D eigenvalue weighted by molar-refractivity contribution is 0.425. The molecule has 0 fully saturated rings. The van der Waals surface area contributed by atoms with E-state index in [0.29, 0.717) is 5.56 Å². The summed E-state index contributed by atoms with van der Waals surface area (Å²) in [5.74, 6) is -0.350. The molecule has 0 aliphatic carbocycles. The van der Waals surface area contributed by atoms with Gasteiger partial charge >= 0.3 is 7.12 Å². The Morgan fingerprint density at radius 1 is 1.26 bits per heavy atom. The van der Waals surface area contributed by atoms with Crippen LogP contribution < -0.4 is 11.0 Å². The molecule has 0 atom stereocenters. The van der Waals surface area contributed by atoms with E-state index in [4.69, 9.17) is 10.0 Å². The first kappa shape index (κ1) is 14.2. The van der Waals surface area contributed by atoms with Crippen LogP contribution in [0.2, 0.25) is 0 Å². The van der Waals surface area contributed by atoms with Crippen LogP contribution in [-0.4, -0.2) is 21.7 Å². The molecule has 0 aliphatic rings. The van der Waals surface area contributed by atoms with Crippen LogP contribution in [0.3, 0.4) is 0 Å². The van der Waals surface area contributed by atoms with Gasteiger partial charge < -0.3 is 14.6 Å². The third-order valence-electron chi connectivity index (χ3n) is 2.59. The van der Waals surface area contributed by atoms with E-state index < -0.39 is 7.12 Å². The van der Waals surface area contributed by atoms with Crippen LogP contribution in [0.1, 0.15) is 5.56 Å². The van der Waals surface area contributed by atoms with Gasteiger partial charge in [0.05, 0.1) is 6.54 Å². The number of rotatable bonds is 3. The Kier molecular flexibility index (Phi) is 4.38. The maximum Gasteiger partial charge on any atom is 0.488 e. The van der Waals surface area contributed by atoms with E-state index in [9.17, 15) is 9.18 Å². The fourth-order valence-corrected chi connectivity index (χ4v) is 2.41. The van der Waals surface area contributed by atoms with Gasteiger partial charge in [0.15, 0.2) is 0 Å². The minimum atomic E-state index is -1.67. The SMILES string of the molecule is O=c1cc(B(O)O)ccn1Cc1cc(F)cc(I)c1. The van der Waals surface area contributed by atoms with Gasteiger partial charge in [-0.1, -0.05) is 0 Å². The minimum absolute atomic E-state index is 0.134. The second-order valence-electron chi connectivity index (χ2n) is 4.08. The normalized spacial score (nSPS) is 10.5. The summed E-state index contributed by atoms with van der Waals surface area (Å²) in [7, 11) is -1.67. The second-order valence-corrected chi connectivity index (χ2v) is 5.32. The van der Waals surface area contributed by atoms with E-state index in [1.807, 2.05) is 22.6 Å². The third kappa shape index (κ3) is 3.65. The average Bonchev–Trinajstić information content (AvgIpc) is 2.30. The topological polar surface area (TPSA) is 62.5 Å². The zero-order valence-corrected chi connectivity index (χ0v) is 11.9. The molecule has 0 aliphatic heterocycles. The lowest BCUT2D eigenvalue weighted by Gasteiger charge is -2.08. The van der Waals surface area contributed by atoms with Gasteiger partial charge in [0.2, 0.25) is 5.56 Å². The maximum absolute atomic E-state index is 13.2. The Labute approximate surface area is 122 Å². The predicted octanol–water partition coefficient (Wildman–Crippen LogP) is 0.320. The zero-order valence-electron chi connectivity index (χ0n) is 9.75.